The third-order valence-corrected chi connectivity index (χ3v) is 9.32. The summed E-state index contributed by atoms with van der Waals surface area (Å²) in [5, 5.41) is 3.40. The number of halogens is 2. The number of benzene rings is 1. The number of hydrogen-bond donors (Lipinski definition) is 1. The molecule has 5 heterocycles. The highest BCUT2D eigenvalue weighted by atomic mass is 32.2. The van der Waals surface area contributed by atoms with Crippen LogP contribution >= 0.6 is 0 Å². The number of alkyl halides is 1. The van der Waals surface area contributed by atoms with Crippen molar-refractivity contribution in [2.75, 3.05) is 24.7 Å². The summed E-state index contributed by atoms with van der Waals surface area (Å²) in [6.07, 6.45) is 5.65. The van der Waals surface area contributed by atoms with E-state index in [2.05, 4.69) is 27.1 Å². The molecule has 224 valence electrons. The second-order valence-corrected chi connectivity index (χ2v) is 12.8. The molecule has 3 aliphatic rings. The van der Waals surface area contributed by atoms with E-state index in [0.29, 0.717) is 47.7 Å². The molecular formula is C31H25F2N5O5S. The van der Waals surface area contributed by atoms with Crippen molar-refractivity contribution in [2.45, 2.75) is 36.4 Å². The highest BCUT2D eigenvalue weighted by Crippen LogP contribution is 2.35. The van der Waals surface area contributed by atoms with Crippen LogP contribution in [0.5, 0.6) is 5.75 Å². The molecule has 1 N–H and O–H groups in total. The van der Waals surface area contributed by atoms with Gasteiger partial charge in [-0.3, -0.25) is 9.78 Å². The van der Waals surface area contributed by atoms with Crippen LogP contribution in [0.15, 0.2) is 53.7 Å². The van der Waals surface area contributed by atoms with E-state index in [1.165, 1.54) is 0 Å². The molecule has 13 heteroatoms. The van der Waals surface area contributed by atoms with Gasteiger partial charge in [0.25, 0.3) is 5.91 Å². The minimum atomic E-state index is -4.52. The number of amides is 1. The average Bonchev–Trinajstić information content (AvgIpc) is 3.87. The van der Waals surface area contributed by atoms with Crippen molar-refractivity contribution in [1.29, 1.82) is 0 Å². The fourth-order valence-corrected chi connectivity index (χ4v) is 6.33. The number of nitrogens with one attached hydrogen (secondary N) is 1. The van der Waals surface area contributed by atoms with Crippen molar-refractivity contribution in [3.8, 4) is 17.6 Å². The standard InChI is InChI=1S/C31H25F2N5O5S/c32-24-10-21(11-27-23(24)16-42-17-28(33)44(27,40)41)31(39)36-15-22-12-25-20(14-34-22)5-6-29(37-25)38-7-8-43-26-9-19(13-35-30(26)38)4-3-18-1-2-18/h5-6,9-14,18,28H,1-2,7-8,15-17H2,(H,36,39)/t28-/m1/s1. The maximum absolute atomic E-state index is 14.8. The summed E-state index contributed by atoms with van der Waals surface area (Å²) in [4.78, 5) is 28.1. The van der Waals surface area contributed by atoms with Crippen molar-refractivity contribution in [3.05, 3.63) is 77.0 Å². The Balaban J connectivity index is 1.10. The number of carbonyl (C=O) groups excluding carboxylic acids is 1. The molecule has 0 unspecified atom stereocenters. The van der Waals surface area contributed by atoms with Gasteiger partial charge in [-0.15, -0.1) is 0 Å². The maximum Gasteiger partial charge on any atom is 0.251 e. The second-order valence-electron chi connectivity index (χ2n) is 10.7. The zero-order chi connectivity index (χ0) is 30.4. The lowest BCUT2D eigenvalue weighted by Gasteiger charge is -2.29. The first-order valence-corrected chi connectivity index (χ1v) is 15.5. The molecule has 10 nitrogen and oxygen atoms in total. The number of ether oxygens (including phenoxy) is 2. The Bertz CT molecular complexity index is 1990. The molecule has 4 aromatic rings. The Labute approximate surface area is 251 Å². The lowest BCUT2D eigenvalue weighted by Crippen LogP contribution is -2.30. The van der Waals surface area contributed by atoms with Gasteiger partial charge in [-0.2, -0.15) is 0 Å². The van der Waals surface area contributed by atoms with Crippen molar-refractivity contribution >= 4 is 38.3 Å². The van der Waals surface area contributed by atoms with Crippen LogP contribution in [0.4, 0.5) is 20.4 Å². The van der Waals surface area contributed by atoms with Crippen molar-refractivity contribution in [1.82, 2.24) is 20.3 Å². The zero-order valence-electron chi connectivity index (χ0n) is 23.2. The van der Waals surface area contributed by atoms with Gasteiger partial charge in [0, 0.05) is 46.5 Å². The lowest BCUT2D eigenvalue weighted by molar-refractivity contribution is 0.0938. The molecular weight excluding hydrogens is 592 g/mol. The minimum Gasteiger partial charge on any atom is -0.488 e. The minimum absolute atomic E-state index is 0.0480. The van der Waals surface area contributed by atoms with Crippen molar-refractivity contribution < 1.29 is 31.5 Å². The Kier molecular flexibility index (Phi) is 7.10. The number of nitrogens with zero attached hydrogens (tertiary/aromatic N) is 4. The number of fused-ring (bicyclic) bond motifs is 3. The van der Waals surface area contributed by atoms with Crippen LogP contribution in [0.3, 0.4) is 0 Å². The van der Waals surface area contributed by atoms with Crippen molar-refractivity contribution in [2.24, 2.45) is 5.92 Å². The second kappa shape index (κ2) is 11.1. The first kappa shape index (κ1) is 28.1. The Morgan fingerprint density at radius 1 is 1.14 bits per heavy atom. The van der Waals surface area contributed by atoms with Crippen LogP contribution in [-0.2, 0) is 27.7 Å². The number of hydrogen-bond acceptors (Lipinski definition) is 9. The summed E-state index contributed by atoms with van der Waals surface area (Å²) in [5.41, 5.74) is -1.03. The largest absolute Gasteiger partial charge is 0.488 e. The molecule has 1 aromatic carbocycles. The molecule has 2 aliphatic heterocycles. The highest BCUT2D eigenvalue weighted by molar-refractivity contribution is 7.92. The Morgan fingerprint density at radius 2 is 2.00 bits per heavy atom. The summed E-state index contributed by atoms with van der Waals surface area (Å²) in [6, 6.07) is 9.25. The SMILES string of the molecule is O=C(NCc1cc2nc(N3CCOc4cc(C#CC5CC5)cnc43)ccc2cn1)c1cc(F)c2c(c1)S(=O)(=O)[C@@H](F)COC2. The number of anilines is 2. The van der Waals surface area contributed by atoms with E-state index in [1.807, 2.05) is 23.1 Å². The van der Waals surface area contributed by atoms with Gasteiger partial charge >= 0.3 is 0 Å². The number of pyridine rings is 3. The molecule has 1 aliphatic carbocycles. The number of sulfone groups is 1. The predicted molar refractivity (Wildman–Crippen MR) is 155 cm³/mol. The smallest absolute Gasteiger partial charge is 0.251 e. The Hall–Kier alpha value is -4.67. The quantitative estimate of drug-likeness (QED) is 0.339. The molecule has 0 radical (unpaired) electrons. The van der Waals surface area contributed by atoms with E-state index in [4.69, 9.17) is 14.5 Å². The first-order chi connectivity index (χ1) is 21.3. The van der Waals surface area contributed by atoms with Crippen LogP contribution < -0.4 is 15.0 Å². The fraction of sp³-hybridized carbons (Fsp3) is 0.290. The van der Waals surface area contributed by atoms with Crippen LogP contribution in [0.1, 0.15) is 40.0 Å². The topological polar surface area (TPSA) is 124 Å². The molecule has 1 amide bonds. The molecule has 0 saturated heterocycles. The number of aromatic nitrogens is 3. The third-order valence-electron chi connectivity index (χ3n) is 7.54. The monoisotopic (exact) mass is 617 g/mol. The van der Waals surface area contributed by atoms with E-state index in [1.54, 1.807) is 18.5 Å². The molecule has 0 bridgehead atoms. The van der Waals surface area contributed by atoms with E-state index in [0.717, 1.165) is 35.9 Å². The van der Waals surface area contributed by atoms with Crippen LogP contribution in [0, 0.1) is 23.6 Å². The molecule has 0 spiro atoms. The molecule has 44 heavy (non-hydrogen) atoms. The molecule has 3 aromatic heterocycles. The molecule has 1 fully saturated rings. The van der Waals surface area contributed by atoms with Gasteiger partial charge in [0.15, 0.2) is 11.6 Å². The Morgan fingerprint density at radius 3 is 2.84 bits per heavy atom. The summed E-state index contributed by atoms with van der Waals surface area (Å²) >= 11 is 0. The predicted octanol–water partition coefficient (Wildman–Crippen LogP) is 3.99. The maximum atomic E-state index is 14.8. The normalized spacial score (nSPS) is 18.7. The van der Waals surface area contributed by atoms with Crippen LogP contribution in [0.25, 0.3) is 10.9 Å². The molecule has 7 rings (SSSR count). The third kappa shape index (κ3) is 5.42. The fourth-order valence-electron chi connectivity index (χ4n) is 4.99. The molecule has 1 atom stereocenters. The number of rotatable bonds is 4. The molecule has 1 saturated carbocycles. The first-order valence-electron chi connectivity index (χ1n) is 14.0. The van der Waals surface area contributed by atoms with Gasteiger partial charge in [0.1, 0.15) is 18.2 Å². The van der Waals surface area contributed by atoms with Gasteiger partial charge in [0.05, 0.1) is 42.4 Å². The van der Waals surface area contributed by atoms with Crippen LogP contribution in [0.2, 0.25) is 0 Å². The van der Waals surface area contributed by atoms with Gasteiger partial charge in [0.2, 0.25) is 15.3 Å². The van der Waals surface area contributed by atoms with Gasteiger partial charge in [-0.25, -0.2) is 27.2 Å². The summed E-state index contributed by atoms with van der Waals surface area (Å²) in [6.45, 7) is -0.187. The average molecular weight is 618 g/mol. The lowest BCUT2D eigenvalue weighted by atomic mass is 10.1. The highest BCUT2D eigenvalue weighted by Gasteiger charge is 2.35. The van der Waals surface area contributed by atoms with Crippen LogP contribution in [-0.4, -0.2) is 54.5 Å². The van der Waals surface area contributed by atoms with E-state index < -0.39 is 45.2 Å². The summed E-state index contributed by atoms with van der Waals surface area (Å²) in [7, 11) is -4.52. The zero-order valence-corrected chi connectivity index (χ0v) is 24.0. The van der Waals surface area contributed by atoms with Gasteiger partial charge in [-0.1, -0.05) is 11.8 Å². The number of carbonyl (C=O) groups is 1. The van der Waals surface area contributed by atoms with E-state index in [9.17, 15) is 22.0 Å². The summed E-state index contributed by atoms with van der Waals surface area (Å²) < 4.78 is 64.8. The van der Waals surface area contributed by atoms with E-state index in [-0.39, 0.29) is 17.7 Å². The van der Waals surface area contributed by atoms with Gasteiger partial charge in [-0.05, 0) is 43.2 Å². The van der Waals surface area contributed by atoms with Crippen molar-refractivity contribution in [3.63, 3.8) is 0 Å². The van der Waals surface area contributed by atoms with Gasteiger partial charge < -0.3 is 19.7 Å². The summed E-state index contributed by atoms with van der Waals surface area (Å²) in [5.74, 6) is 7.10. The van der Waals surface area contributed by atoms with E-state index >= 15 is 0 Å².